The Morgan fingerprint density at radius 1 is 1.05 bits per heavy atom. The molecule has 0 radical (unpaired) electrons. The second-order valence-electron chi connectivity index (χ2n) is 3.56. The van der Waals surface area contributed by atoms with Crippen LogP contribution in [0.25, 0.3) is 0 Å². The third-order valence-corrected chi connectivity index (χ3v) is 2.15. The van der Waals surface area contributed by atoms with Crippen LogP contribution in [0.2, 0.25) is 0 Å². The van der Waals surface area contributed by atoms with Crippen LogP contribution in [0, 0.1) is 0 Å². The number of carbonyl (C=O) groups excluding carboxylic acids is 2. The second-order valence-corrected chi connectivity index (χ2v) is 3.56. The van der Waals surface area contributed by atoms with Gasteiger partial charge in [-0.25, -0.2) is 4.79 Å². The van der Waals surface area contributed by atoms with Gasteiger partial charge in [-0.2, -0.15) is 0 Å². The van der Waals surface area contributed by atoms with E-state index < -0.39 is 36.2 Å². The number of nitrogens with zero attached hydrogens (tertiary/aromatic N) is 1. The number of amides is 2. The van der Waals surface area contributed by atoms with Crippen molar-refractivity contribution in [1.82, 2.24) is 4.90 Å². The van der Waals surface area contributed by atoms with E-state index in [-0.39, 0.29) is 26.1 Å². The van der Waals surface area contributed by atoms with Gasteiger partial charge in [0.25, 0.3) is 0 Å². The number of rotatable bonds is 5. The van der Waals surface area contributed by atoms with E-state index in [0.29, 0.717) is 4.90 Å². The van der Waals surface area contributed by atoms with E-state index in [1.807, 2.05) is 0 Å². The van der Waals surface area contributed by atoms with E-state index in [0.717, 1.165) is 0 Å². The molecular formula is C10H15NO8. The number of hydrogen-bond acceptors (Lipinski definition) is 6. The minimum Gasteiger partial charge on any atom is -0.481 e. The zero-order chi connectivity index (χ0) is 15.0. The van der Waals surface area contributed by atoms with Crippen molar-refractivity contribution in [3.05, 3.63) is 0 Å². The van der Waals surface area contributed by atoms with E-state index in [9.17, 15) is 19.2 Å². The summed E-state index contributed by atoms with van der Waals surface area (Å²) in [5.41, 5.74) is 0. The van der Waals surface area contributed by atoms with Gasteiger partial charge < -0.3 is 20.4 Å². The average molecular weight is 277 g/mol. The molecule has 1 fully saturated rings. The molecule has 1 heterocycles. The summed E-state index contributed by atoms with van der Waals surface area (Å²) in [6, 6.07) is -1.59. The quantitative estimate of drug-likeness (QED) is 0.422. The maximum atomic E-state index is 11.2. The first-order valence-electron chi connectivity index (χ1n) is 5.36. The fourth-order valence-electron chi connectivity index (χ4n) is 1.40. The molecule has 0 aromatic heterocycles. The summed E-state index contributed by atoms with van der Waals surface area (Å²) in [6.07, 6.45) is -0.878. The number of carboxylic acid groups (broad SMARTS) is 2. The van der Waals surface area contributed by atoms with Crippen molar-refractivity contribution in [2.24, 2.45) is 0 Å². The van der Waals surface area contributed by atoms with Crippen molar-refractivity contribution >= 4 is 23.8 Å². The van der Waals surface area contributed by atoms with Gasteiger partial charge in [0.2, 0.25) is 11.8 Å². The van der Waals surface area contributed by atoms with Crippen LogP contribution in [-0.4, -0.2) is 68.3 Å². The Kier molecular flexibility index (Phi) is 7.30. The SMILES string of the molecule is O=C(O)CC(C(=O)O)N1C(=O)CCC1=O.OCCO. The lowest BCUT2D eigenvalue weighted by atomic mass is 10.2. The van der Waals surface area contributed by atoms with Gasteiger partial charge in [-0.1, -0.05) is 0 Å². The molecule has 0 spiro atoms. The summed E-state index contributed by atoms with van der Waals surface area (Å²) >= 11 is 0. The van der Waals surface area contributed by atoms with E-state index in [2.05, 4.69) is 0 Å². The average Bonchev–Trinajstić information content (AvgIpc) is 2.66. The first-order valence-corrected chi connectivity index (χ1v) is 5.36. The third-order valence-electron chi connectivity index (χ3n) is 2.15. The summed E-state index contributed by atoms with van der Waals surface area (Å²) in [5, 5.41) is 32.4. The molecule has 0 aromatic rings. The lowest BCUT2D eigenvalue weighted by Crippen LogP contribution is -2.45. The minimum absolute atomic E-state index is 0.0533. The number of carbonyl (C=O) groups is 4. The first kappa shape index (κ1) is 17.0. The Labute approximate surface area is 108 Å². The highest BCUT2D eigenvalue weighted by atomic mass is 16.4. The van der Waals surface area contributed by atoms with Crippen LogP contribution in [0.3, 0.4) is 0 Å². The van der Waals surface area contributed by atoms with Crippen LogP contribution in [0.15, 0.2) is 0 Å². The summed E-state index contributed by atoms with van der Waals surface area (Å²) in [4.78, 5) is 43.9. The monoisotopic (exact) mass is 277 g/mol. The Morgan fingerprint density at radius 3 is 1.74 bits per heavy atom. The Morgan fingerprint density at radius 2 is 1.47 bits per heavy atom. The van der Waals surface area contributed by atoms with Crippen molar-refractivity contribution < 1.29 is 39.6 Å². The van der Waals surface area contributed by atoms with Crippen LogP contribution in [0.1, 0.15) is 19.3 Å². The van der Waals surface area contributed by atoms with Crippen LogP contribution >= 0.6 is 0 Å². The Hall–Kier alpha value is -2.00. The largest absolute Gasteiger partial charge is 0.481 e. The predicted molar refractivity (Wildman–Crippen MR) is 58.9 cm³/mol. The van der Waals surface area contributed by atoms with Gasteiger partial charge in [0.05, 0.1) is 19.6 Å². The first-order chi connectivity index (χ1) is 8.84. The zero-order valence-corrected chi connectivity index (χ0v) is 9.98. The van der Waals surface area contributed by atoms with Crippen LogP contribution in [0.5, 0.6) is 0 Å². The number of likely N-dealkylation sites (tertiary alicyclic amines) is 1. The molecule has 0 bridgehead atoms. The molecule has 0 aliphatic carbocycles. The van der Waals surface area contributed by atoms with Crippen molar-refractivity contribution in [1.29, 1.82) is 0 Å². The Balaban J connectivity index is 0.000000711. The highest BCUT2D eigenvalue weighted by Crippen LogP contribution is 2.17. The van der Waals surface area contributed by atoms with E-state index in [1.54, 1.807) is 0 Å². The number of imide groups is 1. The van der Waals surface area contributed by atoms with Gasteiger partial charge >= 0.3 is 11.9 Å². The fourth-order valence-corrected chi connectivity index (χ4v) is 1.40. The van der Waals surface area contributed by atoms with Crippen molar-refractivity contribution in [3.63, 3.8) is 0 Å². The lowest BCUT2D eigenvalue weighted by molar-refractivity contribution is -0.157. The molecule has 1 saturated heterocycles. The smallest absolute Gasteiger partial charge is 0.327 e. The van der Waals surface area contributed by atoms with Crippen LogP contribution in [-0.2, 0) is 19.2 Å². The molecule has 108 valence electrons. The normalized spacial score (nSPS) is 15.8. The number of aliphatic hydroxyl groups excluding tert-OH is 2. The number of hydrogen-bond donors (Lipinski definition) is 4. The molecule has 9 heteroatoms. The summed E-state index contributed by atoms with van der Waals surface area (Å²) < 4.78 is 0. The van der Waals surface area contributed by atoms with Crippen LogP contribution < -0.4 is 0 Å². The lowest BCUT2D eigenvalue weighted by Gasteiger charge is -2.20. The van der Waals surface area contributed by atoms with E-state index in [4.69, 9.17) is 20.4 Å². The van der Waals surface area contributed by atoms with Gasteiger partial charge in [-0.05, 0) is 0 Å². The molecule has 1 aliphatic heterocycles. The zero-order valence-electron chi connectivity index (χ0n) is 9.98. The molecule has 4 N–H and O–H groups in total. The summed E-state index contributed by atoms with van der Waals surface area (Å²) in [6.45, 7) is -0.250. The van der Waals surface area contributed by atoms with Gasteiger partial charge in [0.1, 0.15) is 6.04 Å². The molecule has 1 rings (SSSR count). The third kappa shape index (κ3) is 5.44. The number of aliphatic hydroxyl groups is 2. The number of carboxylic acids is 2. The molecule has 1 aliphatic rings. The van der Waals surface area contributed by atoms with Crippen LogP contribution in [0.4, 0.5) is 0 Å². The molecule has 0 saturated carbocycles. The van der Waals surface area contributed by atoms with Gasteiger partial charge in [0, 0.05) is 12.8 Å². The molecule has 1 unspecified atom stereocenters. The summed E-state index contributed by atoms with van der Waals surface area (Å²) in [5.74, 6) is -4.11. The topological polar surface area (TPSA) is 152 Å². The second kappa shape index (κ2) is 8.16. The molecule has 19 heavy (non-hydrogen) atoms. The van der Waals surface area contributed by atoms with Crippen molar-refractivity contribution in [2.75, 3.05) is 13.2 Å². The van der Waals surface area contributed by atoms with Crippen molar-refractivity contribution in [3.8, 4) is 0 Å². The van der Waals surface area contributed by atoms with Crippen molar-refractivity contribution in [2.45, 2.75) is 25.3 Å². The fraction of sp³-hybridized carbons (Fsp3) is 0.600. The highest BCUT2D eigenvalue weighted by molar-refractivity contribution is 6.05. The molecular weight excluding hydrogens is 262 g/mol. The maximum absolute atomic E-state index is 11.2. The number of aliphatic carboxylic acids is 2. The standard InChI is InChI=1S/C8H9NO6.C2H6O2/c10-5-1-2-6(11)9(5)4(8(14)15)3-7(12)13;3-1-2-4/h4H,1-3H2,(H,12,13)(H,14,15);3-4H,1-2H2. The molecule has 2 amide bonds. The highest BCUT2D eigenvalue weighted by Gasteiger charge is 2.39. The van der Waals surface area contributed by atoms with Gasteiger partial charge in [-0.3, -0.25) is 19.3 Å². The summed E-state index contributed by atoms with van der Waals surface area (Å²) in [7, 11) is 0. The predicted octanol–water partition coefficient (Wildman–Crippen LogP) is -1.97. The minimum atomic E-state index is -1.59. The maximum Gasteiger partial charge on any atom is 0.327 e. The molecule has 1 atom stereocenters. The molecule has 9 nitrogen and oxygen atoms in total. The van der Waals surface area contributed by atoms with E-state index >= 15 is 0 Å². The Bertz CT molecular complexity index is 349. The van der Waals surface area contributed by atoms with Gasteiger partial charge in [-0.15, -0.1) is 0 Å². The molecule has 0 aromatic carbocycles. The van der Waals surface area contributed by atoms with Gasteiger partial charge in [0.15, 0.2) is 0 Å². The van der Waals surface area contributed by atoms with E-state index in [1.165, 1.54) is 0 Å².